The van der Waals surface area contributed by atoms with Crippen molar-refractivity contribution >= 4 is 35.0 Å². The average Bonchev–Trinajstić information content (AvgIpc) is 3.46. The fourth-order valence-corrected chi connectivity index (χ4v) is 4.42. The van der Waals surface area contributed by atoms with Gasteiger partial charge in [-0.3, -0.25) is 9.59 Å². The predicted octanol–water partition coefficient (Wildman–Crippen LogP) is 4.43. The molecule has 1 saturated carbocycles. The van der Waals surface area contributed by atoms with Crippen molar-refractivity contribution in [3.63, 3.8) is 0 Å². The molecule has 1 atom stereocenters. The highest BCUT2D eigenvalue weighted by atomic mass is 35.5. The molecule has 1 aliphatic heterocycles. The molecule has 30 heavy (non-hydrogen) atoms. The molecule has 6 nitrogen and oxygen atoms in total. The molecule has 1 unspecified atom stereocenters. The molecule has 0 radical (unpaired) electrons. The Morgan fingerprint density at radius 1 is 1.20 bits per heavy atom. The molecule has 1 aromatic carbocycles. The van der Waals surface area contributed by atoms with Crippen LogP contribution in [0.25, 0.3) is 5.69 Å². The van der Waals surface area contributed by atoms with Gasteiger partial charge in [-0.1, -0.05) is 37.0 Å². The molecule has 1 aromatic heterocycles. The number of benzene rings is 1. The lowest BCUT2D eigenvalue weighted by Gasteiger charge is -2.33. The third-order valence-electron chi connectivity index (χ3n) is 5.72. The number of nitrogens with zero attached hydrogens (tertiary/aromatic N) is 3. The number of carbonyl (C=O) groups excluding carboxylic acids is 2. The Kier molecular flexibility index (Phi) is 6.07. The fourth-order valence-electron chi connectivity index (χ4n) is 3.93. The Hall–Kier alpha value is -2.05. The number of amides is 2. The molecule has 160 valence electrons. The number of nitrogens with one attached hydrogen (secondary N) is 1. The summed E-state index contributed by atoms with van der Waals surface area (Å²) in [6.07, 6.45) is 5.47. The smallest absolute Gasteiger partial charge is 0.257 e. The molecule has 1 N–H and O–H groups in total. The summed E-state index contributed by atoms with van der Waals surface area (Å²) in [5.74, 6) is 0.231. The van der Waals surface area contributed by atoms with Crippen LogP contribution < -0.4 is 5.32 Å². The summed E-state index contributed by atoms with van der Waals surface area (Å²) in [4.78, 5) is 27.3. The largest absolute Gasteiger partial charge is 0.351 e. The van der Waals surface area contributed by atoms with Gasteiger partial charge in [0.05, 0.1) is 28.2 Å². The number of aromatic nitrogens is 2. The fraction of sp³-hybridized carbons (Fsp3) is 0.500. The molecule has 1 saturated heterocycles. The van der Waals surface area contributed by atoms with E-state index in [-0.39, 0.29) is 23.8 Å². The summed E-state index contributed by atoms with van der Waals surface area (Å²) in [6.45, 7) is 4.96. The van der Waals surface area contributed by atoms with Gasteiger partial charge in [0.25, 0.3) is 5.91 Å². The van der Waals surface area contributed by atoms with Crippen LogP contribution in [0.2, 0.25) is 10.0 Å². The van der Waals surface area contributed by atoms with E-state index in [4.69, 9.17) is 23.2 Å². The Bertz CT molecular complexity index is 968. The van der Waals surface area contributed by atoms with Gasteiger partial charge in [0.2, 0.25) is 5.91 Å². The van der Waals surface area contributed by atoms with Gasteiger partial charge in [-0.15, -0.1) is 0 Å². The van der Waals surface area contributed by atoms with Gasteiger partial charge >= 0.3 is 0 Å². The molecule has 0 bridgehead atoms. The number of likely N-dealkylation sites (tertiary alicyclic amines) is 1. The van der Waals surface area contributed by atoms with Crippen molar-refractivity contribution in [2.45, 2.75) is 51.5 Å². The Morgan fingerprint density at radius 3 is 2.63 bits per heavy atom. The molecule has 2 aromatic rings. The van der Waals surface area contributed by atoms with Gasteiger partial charge in [-0.05, 0) is 43.9 Å². The normalized spacial score (nSPS) is 19.2. The highest BCUT2D eigenvalue weighted by molar-refractivity contribution is 6.35. The lowest BCUT2D eigenvalue weighted by atomic mass is 10.0. The molecule has 2 fully saturated rings. The molecular weight excluding hydrogens is 423 g/mol. The van der Waals surface area contributed by atoms with Crippen molar-refractivity contribution in [1.82, 2.24) is 20.0 Å². The average molecular weight is 449 g/mol. The van der Waals surface area contributed by atoms with Gasteiger partial charge in [0.1, 0.15) is 0 Å². The van der Waals surface area contributed by atoms with Crippen LogP contribution in [-0.2, 0) is 4.79 Å². The monoisotopic (exact) mass is 448 g/mol. The molecule has 0 spiro atoms. The number of piperidine rings is 1. The maximum absolute atomic E-state index is 13.4. The van der Waals surface area contributed by atoms with E-state index in [1.54, 1.807) is 23.0 Å². The molecule has 4 rings (SSSR count). The Balaban J connectivity index is 1.59. The zero-order chi connectivity index (χ0) is 21.4. The number of rotatable bonds is 5. The van der Waals surface area contributed by atoms with Crippen LogP contribution in [0.5, 0.6) is 0 Å². The molecule has 2 aliphatic rings. The van der Waals surface area contributed by atoms with Gasteiger partial charge in [0, 0.05) is 36.0 Å². The lowest BCUT2D eigenvalue weighted by Crippen LogP contribution is -2.50. The van der Waals surface area contributed by atoms with Gasteiger partial charge < -0.3 is 10.2 Å². The number of hydrogen-bond donors (Lipinski definition) is 1. The van der Waals surface area contributed by atoms with Crippen molar-refractivity contribution in [3.05, 3.63) is 45.7 Å². The first-order valence-electron chi connectivity index (χ1n) is 10.5. The Morgan fingerprint density at radius 2 is 1.97 bits per heavy atom. The summed E-state index contributed by atoms with van der Waals surface area (Å²) in [5, 5.41) is 8.64. The standard InChI is InChI=1S/C22H26Cl2N4O2/c1-13(2)21(29)26-16-4-3-9-27(12-16)22(30)17-11-25-28(20(17)14-5-6-14)19-8-7-15(23)10-18(19)24/h7-8,10-11,13-14,16H,3-6,9,12H2,1-2H3,(H,26,29). The van der Waals surface area contributed by atoms with Crippen LogP contribution in [0, 0.1) is 5.92 Å². The second kappa shape index (κ2) is 8.60. The predicted molar refractivity (Wildman–Crippen MR) is 117 cm³/mol. The maximum atomic E-state index is 13.4. The van der Waals surface area contributed by atoms with Crippen molar-refractivity contribution < 1.29 is 9.59 Å². The first-order chi connectivity index (χ1) is 14.3. The van der Waals surface area contributed by atoms with E-state index in [1.165, 1.54) is 0 Å². The van der Waals surface area contributed by atoms with Crippen LogP contribution in [-0.4, -0.2) is 45.6 Å². The summed E-state index contributed by atoms with van der Waals surface area (Å²) in [7, 11) is 0. The first-order valence-corrected chi connectivity index (χ1v) is 11.2. The summed E-state index contributed by atoms with van der Waals surface area (Å²) in [6, 6.07) is 5.28. The molecular formula is C22H26Cl2N4O2. The highest BCUT2D eigenvalue weighted by Gasteiger charge is 2.35. The van der Waals surface area contributed by atoms with E-state index in [0.717, 1.165) is 37.1 Å². The zero-order valence-electron chi connectivity index (χ0n) is 17.2. The van der Waals surface area contributed by atoms with Crippen molar-refractivity contribution in [2.75, 3.05) is 13.1 Å². The summed E-state index contributed by atoms with van der Waals surface area (Å²) in [5.41, 5.74) is 2.26. The summed E-state index contributed by atoms with van der Waals surface area (Å²) < 4.78 is 1.78. The third kappa shape index (κ3) is 4.35. The molecule has 2 heterocycles. The van der Waals surface area contributed by atoms with Crippen LogP contribution in [0.15, 0.2) is 24.4 Å². The number of hydrogen-bond acceptors (Lipinski definition) is 3. The minimum atomic E-state index is -0.0695. The lowest BCUT2D eigenvalue weighted by molar-refractivity contribution is -0.125. The van der Waals surface area contributed by atoms with Crippen molar-refractivity contribution in [1.29, 1.82) is 0 Å². The van der Waals surface area contributed by atoms with E-state index in [2.05, 4.69) is 10.4 Å². The maximum Gasteiger partial charge on any atom is 0.257 e. The van der Waals surface area contributed by atoms with Crippen LogP contribution >= 0.6 is 23.2 Å². The molecule has 8 heteroatoms. The SMILES string of the molecule is CC(C)C(=O)NC1CCCN(C(=O)c2cnn(-c3ccc(Cl)cc3Cl)c2C2CC2)C1. The van der Waals surface area contributed by atoms with Crippen LogP contribution in [0.1, 0.15) is 61.5 Å². The van der Waals surface area contributed by atoms with E-state index < -0.39 is 0 Å². The third-order valence-corrected chi connectivity index (χ3v) is 6.26. The van der Waals surface area contributed by atoms with Crippen molar-refractivity contribution in [3.8, 4) is 5.69 Å². The Labute approximate surface area is 186 Å². The minimum Gasteiger partial charge on any atom is -0.351 e. The van der Waals surface area contributed by atoms with Gasteiger partial charge in [-0.2, -0.15) is 5.10 Å². The van der Waals surface area contributed by atoms with E-state index in [0.29, 0.717) is 34.6 Å². The van der Waals surface area contributed by atoms with Gasteiger partial charge in [0.15, 0.2) is 0 Å². The second-order valence-corrected chi connectivity index (χ2v) is 9.32. The van der Waals surface area contributed by atoms with E-state index in [9.17, 15) is 9.59 Å². The second-order valence-electron chi connectivity index (χ2n) is 8.48. The minimum absolute atomic E-state index is 0.0114. The number of halogens is 2. The zero-order valence-corrected chi connectivity index (χ0v) is 18.7. The van der Waals surface area contributed by atoms with Crippen molar-refractivity contribution in [2.24, 2.45) is 5.92 Å². The quantitative estimate of drug-likeness (QED) is 0.734. The summed E-state index contributed by atoms with van der Waals surface area (Å²) >= 11 is 12.5. The highest BCUT2D eigenvalue weighted by Crippen LogP contribution is 2.43. The van der Waals surface area contributed by atoms with Crippen LogP contribution in [0.4, 0.5) is 0 Å². The number of carbonyl (C=O) groups is 2. The van der Waals surface area contributed by atoms with E-state index >= 15 is 0 Å². The van der Waals surface area contributed by atoms with E-state index in [1.807, 2.05) is 24.8 Å². The molecule has 1 aliphatic carbocycles. The first kappa shape index (κ1) is 21.2. The topological polar surface area (TPSA) is 67.2 Å². The van der Waals surface area contributed by atoms with Gasteiger partial charge in [-0.25, -0.2) is 4.68 Å². The molecule has 2 amide bonds. The van der Waals surface area contributed by atoms with Crippen LogP contribution in [0.3, 0.4) is 0 Å².